The molecule has 1 aliphatic carbocycles. The SMILES string of the molecule is CCCCCCCOc1ccc(C(=O)Oc2ccc(C[C@H](NC(=O)c3ccc(NC(=O)C4(c5ccccc5)CC4)cc3)C(=O)O)cc2)cc1. The van der Waals surface area contributed by atoms with E-state index in [1.165, 1.54) is 19.3 Å². The summed E-state index contributed by atoms with van der Waals surface area (Å²) in [7, 11) is 0. The highest BCUT2D eigenvalue weighted by Crippen LogP contribution is 2.48. The summed E-state index contributed by atoms with van der Waals surface area (Å²) in [6.45, 7) is 2.82. The van der Waals surface area contributed by atoms with Crippen molar-refractivity contribution in [3.63, 3.8) is 0 Å². The van der Waals surface area contributed by atoms with Crippen LogP contribution in [0.4, 0.5) is 5.69 Å². The van der Waals surface area contributed by atoms with Crippen molar-refractivity contribution < 1.29 is 33.8 Å². The lowest BCUT2D eigenvalue weighted by Crippen LogP contribution is -2.42. The predicted molar refractivity (Wildman–Crippen MR) is 187 cm³/mol. The summed E-state index contributed by atoms with van der Waals surface area (Å²) in [5, 5.41) is 15.3. The van der Waals surface area contributed by atoms with Crippen LogP contribution in [0.5, 0.6) is 11.5 Å². The molecular weight excluding hydrogens is 620 g/mol. The average Bonchev–Trinajstić information content (AvgIpc) is 3.94. The molecule has 2 amide bonds. The van der Waals surface area contributed by atoms with E-state index in [1.807, 2.05) is 30.3 Å². The fourth-order valence-electron chi connectivity index (χ4n) is 5.60. The lowest BCUT2D eigenvalue weighted by atomic mass is 9.95. The minimum Gasteiger partial charge on any atom is -0.494 e. The maximum absolute atomic E-state index is 13.0. The third kappa shape index (κ3) is 9.56. The Morgan fingerprint density at radius 3 is 2.02 bits per heavy atom. The van der Waals surface area contributed by atoms with Crippen LogP contribution < -0.4 is 20.1 Å². The first kappa shape index (κ1) is 34.9. The van der Waals surface area contributed by atoms with Crippen LogP contribution in [0.2, 0.25) is 0 Å². The molecule has 0 aliphatic heterocycles. The van der Waals surface area contributed by atoms with Crippen LogP contribution in [0.15, 0.2) is 103 Å². The molecular formula is C40H42N2O7. The van der Waals surface area contributed by atoms with Crippen LogP contribution in [-0.4, -0.2) is 41.5 Å². The highest BCUT2D eigenvalue weighted by atomic mass is 16.5. The van der Waals surface area contributed by atoms with Gasteiger partial charge >= 0.3 is 11.9 Å². The Balaban J connectivity index is 1.09. The highest BCUT2D eigenvalue weighted by Gasteiger charge is 2.51. The standard InChI is InChI=1S/C40H42N2O7/c1-2-3-4-5-9-26-48-33-22-16-30(17-23-33)38(46)49-34-20-12-28(13-21-34)27-35(37(44)45)42-36(43)29-14-18-32(19-15-29)41-39(47)40(24-25-40)31-10-7-6-8-11-31/h6-8,10-23,35H,2-5,9,24-27H2,1H3,(H,41,47)(H,42,43)(H,44,45)/t35-/m0/s1. The highest BCUT2D eigenvalue weighted by molar-refractivity contribution is 6.02. The van der Waals surface area contributed by atoms with Gasteiger partial charge in [-0.3, -0.25) is 9.59 Å². The Morgan fingerprint density at radius 1 is 0.755 bits per heavy atom. The third-order valence-electron chi connectivity index (χ3n) is 8.70. The number of ether oxygens (including phenoxy) is 2. The largest absolute Gasteiger partial charge is 0.494 e. The number of esters is 1. The summed E-state index contributed by atoms with van der Waals surface area (Å²) in [5.74, 6) is -1.35. The third-order valence-corrected chi connectivity index (χ3v) is 8.70. The van der Waals surface area contributed by atoms with Gasteiger partial charge in [-0.25, -0.2) is 9.59 Å². The van der Waals surface area contributed by atoms with E-state index in [1.54, 1.807) is 72.8 Å². The van der Waals surface area contributed by atoms with Crippen LogP contribution in [0.25, 0.3) is 0 Å². The van der Waals surface area contributed by atoms with Crippen LogP contribution in [0, 0.1) is 0 Å². The van der Waals surface area contributed by atoms with Crippen molar-refractivity contribution in [3.8, 4) is 11.5 Å². The maximum atomic E-state index is 13.0. The van der Waals surface area contributed by atoms with E-state index in [9.17, 15) is 24.3 Å². The van der Waals surface area contributed by atoms with E-state index < -0.39 is 29.3 Å². The molecule has 1 atom stereocenters. The molecule has 1 fully saturated rings. The van der Waals surface area contributed by atoms with Gasteiger partial charge in [0.1, 0.15) is 17.5 Å². The van der Waals surface area contributed by atoms with Gasteiger partial charge in [0.05, 0.1) is 17.6 Å². The molecule has 9 nitrogen and oxygen atoms in total. The van der Waals surface area contributed by atoms with Gasteiger partial charge in [0.25, 0.3) is 5.91 Å². The number of amides is 2. The Bertz CT molecular complexity index is 1720. The minimum absolute atomic E-state index is 0.0189. The van der Waals surface area contributed by atoms with E-state index in [2.05, 4.69) is 17.6 Å². The number of aliphatic carboxylic acids is 1. The van der Waals surface area contributed by atoms with Gasteiger partial charge in [-0.1, -0.05) is 75.1 Å². The minimum atomic E-state index is -1.20. The topological polar surface area (TPSA) is 131 Å². The maximum Gasteiger partial charge on any atom is 0.343 e. The average molecular weight is 663 g/mol. The van der Waals surface area contributed by atoms with Crippen LogP contribution in [0.1, 0.15) is 83.7 Å². The first-order valence-electron chi connectivity index (χ1n) is 16.8. The van der Waals surface area contributed by atoms with Crippen molar-refractivity contribution in [2.45, 2.75) is 69.7 Å². The molecule has 1 aliphatic rings. The molecule has 5 rings (SSSR count). The van der Waals surface area contributed by atoms with Gasteiger partial charge in [0, 0.05) is 17.7 Å². The van der Waals surface area contributed by atoms with Crippen LogP contribution in [0.3, 0.4) is 0 Å². The Hall–Kier alpha value is -5.44. The second kappa shape index (κ2) is 16.6. The molecule has 3 N–H and O–H groups in total. The number of anilines is 1. The summed E-state index contributed by atoms with van der Waals surface area (Å²) < 4.78 is 11.3. The van der Waals surface area contributed by atoms with E-state index in [-0.39, 0.29) is 17.9 Å². The summed E-state index contributed by atoms with van der Waals surface area (Å²) in [4.78, 5) is 50.7. The molecule has 1 saturated carbocycles. The second-order valence-electron chi connectivity index (χ2n) is 12.4. The molecule has 0 unspecified atom stereocenters. The number of carboxylic acids is 1. The fraction of sp³-hybridized carbons (Fsp3) is 0.300. The summed E-state index contributed by atoms with van der Waals surface area (Å²) in [6, 6.07) is 28.1. The normalized spacial score (nSPS) is 13.5. The van der Waals surface area contributed by atoms with Crippen molar-refractivity contribution in [1.82, 2.24) is 5.32 Å². The van der Waals surface area contributed by atoms with Gasteiger partial charge in [0.2, 0.25) is 5.91 Å². The number of carboxylic acid groups (broad SMARTS) is 1. The number of nitrogens with one attached hydrogen (secondary N) is 2. The van der Waals surface area contributed by atoms with Crippen LogP contribution in [-0.2, 0) is 21.4 Å². The fourth-order valence-corrected chi connectivity index (χ4v) is 5.60. The molecule has 254 valence electrons. The molecule has 0 bridgehead atoms. The van der Waals surface area contributed by atoms with Crippen molar-refractivity contribution in [3.05, 3.63) is 125 Å². The van der Waals surface area contributed by atoms with Gasteiger partial charge in [-0.05, 0) is 91.1 Å². The zero-order chi connectivity index (χ0) is 34.6. The van der Waals surface area contributed by atoms with E-state index in [0.717, 1.165) is 31.2 Å². The quantitative estimate of drug-likeness (QED) is 0.0612. The first-order chi connectivity index (χ1) is 23.8. The van der Waals surface area contributed by atoms with Gasteiger partial charge < -0.3 is 25.2 Å². The van der Waals surface area contributed by atoms with Crippen LogP contribution >= 0.6 is 0 Å². The number of hydrogen-bond donors (Lipinski definition) is 3. The van der Waals surface area contributed by atoms with E-state index in [4.69, 9.17) is 9.47 Å². The number of carbonyl (C=O) groups is 4. The molecule has 9 heteroatoms. The monoisotopic (exact) mass is 662 g/mol. The van der Waals surface area contributed by atoms with Crippen molar-refractivity contribution in [1.29, 1.82) is 0 Å². The summed E-state index contributed by atoms with van der Waals surface area (Å²) in [5.41, 5.74) is 2.28. The number of benzene rings is 4. The zero-order valence-electron chi connectivity index (χ0n) is 27.7. The van der Waals surface area contributed by atoms with E-state index in [0.29, 0.717) is 34.9 Å². The molecule has 4 aromatic rings. The second-order valence-corrected chi connectivity index (χ2v) is 12.4. The lowest BCUT2D eigenvalue weighted by Gasteiger charge is -2.17. The van der Waals surface area contributed by atoms with E-state index >= 15 is 0 Å². The number of unbranched alkanes of at least 4 members (excludes halogenated alkanes) is 4. The first-order valence-corrected chi connectivity index (χ1v) is 16.8. The van der Waals surface area contributed by atoms with Gasteiger partial charge in [-0.15, -0.1) is 0 Å². The number of hydrogen-bond acceptors (Lipinski definition) is 6. The smallest absolute Gasteiger partial charge is 0.343 e. The molecule has 0 aromatic heterocycles. The molecule has 0 heterocycles. The molecule has 0 saturated heterocycles. The molecule has 4 aromatic carbocycles. The lowest BCUT2D eigenvalue weighted by molar-refractivity contribution is -0.139. The zero-order valence-corrected chi connectivity index (χ0v) is 27.7. The van der Waals surface area contributed by atoms with Gasteiger partial charge in [-0.2, -0.15) is 0 Å². The van der Waals surface area contributed by atoms with Crippen molar-refractivity contribution in [2.24, 2.45) is 0 Å². The van der Waals surface area contributed by atoms with Crippen molar-refractivity contribution >= 4 is 29.4 Å². The summed E-state index contributed by atoms with van der Waals surface area (Å²) in [6.07, 6.45) is 7.34. The molecule has 0 radical (unpaired) electrons. The molecule has 49 heavy (non-hydrogen) atoms. The van der Waals surface area contributed by atoms with Gasteiger partial charge in [0.15, 0.2) is 0 Å². The Labute approximate surface area is 286 Å². The Kier molecular flexibility index (Phi) is 11.8. The molecule has 0 spiro atoms. The summed E-state index contributed by atoms with van der Waals surface area (Å²) >= 11 is 0. The van der Waals surface area contributed by atoms with Crippen molar-refractivity contribution in [2.75, 3.05) is 11.9 Å². The number of carbonyl (C=O) groups excluding carboxylic acids is 3. The number of rotatable bonds is 17. The Morgan fingerprint density at radius 2 is 1.39 bits per heavy atom. The predicted octanol–water partition coefficient (Wildman–Crippen LogP) is 7.35.